The van der Waals surface area contributed by atoms with Crippen LogP contribution in [0.15, 0.2) is 28.8 Å². The van der Waals surface area contributed by atoms with Gasteiger partial charge in [0.1, 0.15) is 0 Å². The molecule has 2 aliphatic rings. The predicted octanol–water partition coefficient (Wildman–Crippen LogP) is 0.943. The zero-order chi connectivity index (χ0) is 15.1. The first-order valence-corrected chi connectivity index (χ1v) is 7.22. The summed E-state index contributed by atoms with van der Waals surface area (Å²) >= 11 is 0. The van der Waals surface area contributed by atoms with E-state index in [1.807, 2.05) is 0 Å². The fraction of sp³-hybridized carbons (Fsp3) is 0.333. The van der Waals surface area contributed by atoms with Gasteiger partial charge in [-0.25, -0.2) is 0 Å². The van der Waals surface area contributed by atoms with Gasteiger partial charge in [-0.1, -0.05) is 17.3 Å². The van der Waals surface area contributed by atoms with Crippen molar-refractivity contribution in [3.8, 4) is 0 Å². The molecule has 1 aromatic heterocycles. The average Bonchev–Trinajstić information content (AvgIpc) is 3.25. The van der Waals surface area contributed by atoms with Crippen LogP contribution >= 0.6 is 0 Å². The molecule has 1 fully saturated rings. The fourth-order valence-electron chi connectivity index (χ4n) is 2.89. The van der Waals surface area contributed by atoms with Crippen molar-refractivity contribution in [3.05, 3.63) is 47.1 Å². The minimum atomic E-state index is -0.311. The Hall–Kier alpha value is -2.54. The van der Waals surface area contributed by atoms with Gasteiger partial charge in [-0.15, -0.1) is 0 Å². The Bertz CT molecular complexity index is 714. The number of amides is 2. The molecule has 0 saturated carbocycles. The molecular formula is C15H14N4O3. The summed E-state index contributed by atoms with van der Waals surface area (Å²) in [4.78, 5) is 30.0. The standard InChI is InChI=1S/C15H14N4O3/c20-14-10-3-1-2-4-11(10)15(21)19(14)8-12-17-13(22-18-12)9-5-6-16-7-9/h1-4,9,16H,5-8H2/t9-/m1/s1. The number of carbonyl (C=O) groups is 2. The zero-order valence-corrected chi connectivity index (χ0v) is 11.8. The molecule has 0 bridgehead atoms. The molecule has 3 heterocycles. The number of fused-ring (bicyclic) bond motifs is 1. The Morgan fingerprint density at radius 1 is 1.23 bits per heavy atom. The van der Waals surface area contributed by atoms with Crippen molar-refractivity contribution in [1.29, 1.82) is 0 Å². The smallest absolute Gasteiger partial charge is 0.261 e. The molecular weight excluding hydrogens is 284 g/mol. The molecule has 2 aliphatic heterocycles. The summed E-state index contributed by atoms with van der Waals surface area (Å²) in [5.41, 5.74) is 0.854. The summed E-state index contributed by atoms with van der Waals surface area (Å²) in [6.07, 6.45) is 0.953. The van der Waals surface area contributed by atoms with Crippen molar-refractivity contribution in [1.82, 2.24) is 20.4 Å². The molecule has 1 saturated heterocycles. The molecule has 0 spiro atoms. The SMILES string of the molecule is O=C1c2ccccc2C(=O)N1Cc1noc([C@@H]2CCNC2)n1. The minimum absolute atomic E-state index is 0.0377. The second-order valence-electron chi connectivity index (χ2n) is 5.48. The molecule has 0 radical (unpaired) electrons. The Labute approximate surface area is 126 Å². The summed E-state index contributed by atoms with van der Waals surface area (Å²) in [5, 5.41) is 7.13. The quantitative estimate of drug-likeness (QED) is 0.849. The van der Waals surface area contributed by atoms with Gasteiger partial charge in [0.15, 0.2) is 5.82 Å². The lowest BCUT2D eigenvalue weighted by Gasteiger charge is -2.10. The van der Waals surface area contributed by atoms with Crippen molar-refractivity contribution in [2.75, 3.05) is 13.1 Å². The maximum Gasteiger partial charge on any atom is 0.261 e. The Kier molecular flexibility index (Phi) is 3.00. The number of benzene rings is 1. The Balaban J connectivity index is 1.55. The van der Waals surface area contributed by atoms with Gasteiger partial charge < -0.3 is 9.84 Å². The van der Waals surface area contributed by atoms with E-state index in [0.29, 0.717) is 22.8 Å². The highest BCUT2D eigenvalue weighted by molar-refractivity contribution is 6.21. The van der Waals surface area contributed by atoms with Crippen LogP contribution in [0.1, 0.15) is 44.8 Å². The topological polar surface area (TPSA) is 88.3 Å². The monoisotopic (exact) mass is 298 g/mol. The third-order valence-corrected chi connectivity index (χ3v) is 4.07. The number of hydrogen-bond acceptors (Lipinski definition) is 6. The molecule has 4 rings (SSSR count). The molecule has 1 aromatic carbocycles. The highest BCUT2D eigenvalue weighted by Gasteiger charge is 2.36. The van der Waals surface area contributed by atoms with Crippen molar-refractivity contribution in [2.45, 2.75) is 18.9 Å². The third-order valence-electron chi connectivity index (χ3n) is 4.07. The summed E-state index contributed by atoms with van der Waals surface area (Å²) in [5.74, 6) is 0.514. The first-order chi connectivity index (χ1) is 10.7. The van der Waals surface area contributed by atoms with Crippen LogP contribution < -0.4 is 5.32 Å². The summed E-state index contributed by atoms with van der Waals surface area (Å²) < 4.78 is 5.26. The van der Waals surface area contributed by atoms with Gasteiger partial charge in [0.2, 0.25) is 5.89 Å². The van der Waals surface area contributed by atoms with E-state index in [9.17, 15) is 9.59 Å². The number of rotatable bonds is 3. The number of nitrogens with zero attached hydrogens (tertiary/aromatic N) is 3. The van der Waals surface area contributed by atoms with E-state index in [1.54, 1.807) is 24.3 Å². The van der Waals surface area contributed by atoms with E-state index >= 15 is 0 Å². The molecule has 0 aliphatic carbocycles. The molecule has 7 heteroatoms. The lowest BCUT2D eigenvalue weighted by molar-refractivity contribution is 0.0637. The van der Waals surface area contributed by atoms with E-state index in [1.165, 1.54) is 0 Å². The lowest BCUT2D eigenvalue weighted by atomic mass is 10.1. The van der Waals surface area contributed by atoms with Crippen LogP contribution in [0.5, 0.6) is 0 Å². The van der Waals surface area contributed by atoms with Crippen LogP contribution in [0, 0.1) is 0 Å². The molecule has 1 N–H and O–H groups in total. The van der Waals surface area contributed by atoms with Gasteiger partial charge in [-0.3, -0.25) is 14.5 Å². The van der Waals surface area contributed by atoms with Crippen LogP contribution in [0.4, 0.5) is 0 Å². The highest BCUT2D eigenvalue weighted by atomic mass is 16.5. The van der Waals surface area contributed by atoms with Crippen LogP contribution in [-0.4, -0.2) is 39.9 Å². The Morgan fingerprint density at radius 2 is 1.95 bits per heavy atom. The summed E-state index contributed by atoms with van der Waals surface area (Å²) in [7, 11) is 0. The molecule has 1 atom stereocenters. The maximum atomic E-state index is 12.3. The molecule has 7 nitrogen and oxygen atoms in total. The summed E-state index contributed by atoms with van der Waals surface area (Å²) in [6, 6.07) is 6.79. The number of aromatic nitrogens is 2. The average molecular weight is 298 g/mol. The van der Waals surface area contributed by atoms with Crippen LogP contribution in [-0.2, 0) is 6.54 Å². The third kappa shape index (κ3) is 2.01. The van der Waals surface area contributed by atoms with Gasteiger partial charge in [0.05, 0.1) is 23.6 Å². The van der Waals surface area contributed by atoms with E-state index in [0.717, 1.165) is 24.4 Å². The largest absolute Gasteiger partial charge is 0.339 e. The fourth-order valence-corrected chi connectivity index (χ4v) is 2.89. The van der Waals surface area contributed by atoms with Gasteiger partial charge in [-0.05, 0) is 25.1 Å². The van der Waals surface area contributed by atoms with E-state index in [4.69, 9.17) is 4.52 Å². The number of nitrogens with one attached hydrogen (secondary N) is 1. The molecule has 112 valence electrons. The molecule has 0 unspecified atom stereocenters. The van der Waals surface area contributed by atoms with Crippen LogP contribution in [0.2, 0.25) is 0 Å². The van der Waals surface area contributed by atoms with Crippen molar-refractivity contribution in [2.24, 2.45) is 0 Å². The normalized spacial score (nSPS) is 20.7. The minimum Gasteiger partial charge on any atom is -0.339 e. The van der Waals surface area contributed by atoms with Gasteiger partial charge >= 0.3 is 0 Å². The maximum absolute atomic E-state index is 12.3. The summed E-state index contributed by atoms with van der Waals surface area (Å²) in [6.45, 7) is 1.78. The zero-order valence-electron chi connectivity index (χ0n) is 11.8. The lowest BCUT2D eigenvalue weighted by Crippen LogP contribution is -2.29. The van der Waals surface area contributed by atoms with Crippen LogP contribution in [0.3, 0.4) is 0 Å². The first-order valence-electron chi connectivity index (χ1n) is 7.22. The van der Waals surface area contributed by atoms with Gasteiger partial charge in [-0.2, -0.15) is 4.98 Å². The first kappa shape index (κ1) is 13.1. The number of carbonyl (C=O) groups excluding carboxylic acids is 2. The number of imide groups is 1. The van der Waals surface area contributed by atoms with E-state index < -0.39 is 0 Å². The van der Waals surface area contributed by atoms with Gasteiger partial charge in [0.25, 0.3) is 11.8 Å². The van der Waals surface area contributed by atoms with Crippen molar-refractivity contribution >= 4 is 11.8 Å². The van der Waals surface area contributed by atoms with Crippen molar-refractivity contribution in [3.63, 3.8) is 0 Å². The van der Waals surface area contributed by atoms with Crippen LogP contribution in [0.25, 0.3) is 0 Å². The van der Waals surface area contributed by atoms with Crippen molar-refractivity contribution < 1.29 is 14.1 Å². The predicted molar refractivity (Wildman–Crippen MR) is 75.2 cm³/mol. The van der Waals surface area contributed by atoms with E-state index in [2.05, 4.69) is 15.5 Å². The molecule has 22 heavy (non-hydrogen) atoms. The Morgan fingerprint density at radius 3 is 2.59 bits per heavy atom. The highest BCUT2D eigenvalue weighted by Crippen LogP contribution is 2.25. The number of hydrogen-bond donors (Lipinski definition) is 1. The second kappa shape index (κ2) is 5.03. The van der Waals surface area contributed by atoms with Gasteiger partial charge in [0, 0.05) is 6.54 Å². The molecule has 2 amide bonds. The molecule has 2 aromatic rings. The second-order valence-corrected chi connectivity index (χ2v) is 5.48. The van der Waals surface area contributed by atoms with E-state index in [-0.39, 0.29) is 24.3 Å².